The summed E-state index contributed by atoms with van der Waals surface area (Å²) in [6, 6.07) is 0.492. The number of nitrogens with one attached hydrogen (secondary N) is 1. The Morgan fingerprint density at radius 2 is 2.06 bits per heavy atom. The third kappa shape index (κ3) is 2.55. The van der Waals surface area contributed by atoms with E-state index in [-0.39, 0.29) is 11.9 Å². The Labute approximate surface area is 98.0 Å². The first-order valence-electron chi connectivity index (χ1n) is 6.37. The average Bonchev–Trinajstić information content (AvgIpc) is 2.80. The average molecular weight is 225 g/mol. The molecular formula is C12H23N3O. The van der Waals surface area contributed by atoms with Crippen molar-refractivity contribution in [3.63, 3.8) is 0 Å². The molecule has 92 valence electrons. The van der Waals surface area contributed by atoms with Gasteiger partial charge in [0, 0.05) is 32.7 Å². The van der Waals surface area contributed by atoms with Gasteiger partial charge < -0.3 is 15.1 Å². The highest BCUT2D eigenvalue weighted by Crippen LogP contribution is 2.22. The number of piperazine rings is 1. The van der Waals surface area contributed by atoms with Crippen LogP contribution in [0.3, 0.4) is 0 Å². The lowest BCUT2D eigenvalue weighted by atomic mass is 10.1. The highest BCUT2D eigenvalue weighted by Gasteiger charge is 2.30. The summed E-state index contributed by atoms with van der Waals surface area (Å²) in [4.78, 5) is 16.5. The van der Waals surface area contributed by atoms with E-state index < -0.39 is 0 Å². The molecular weight excluding hydrogens is 202 g/mol. The van der Waals surface area contributed by atoms with Crippen LogP contribution in [0.25, 0.3) is 0 Å². The van der Waals surface area contributed by atoms with Gasteiger partial charge in [0.05, 0.1) is 6.04 Å². The predicted molar refractivity (Wildman–Crippen MR) is 64.3 cm³/mol. The predicted octanol–water partition coefficient (Wildman–Crippen LogP) is 0.291. The summed E-state index contributed by atoms with van der Waals surface area (Å²) < 4.78 is 0. The highest BCUT2D eigenvalue weighted by atomic mass is 16.2. The molecule has 1 atom stereocenters. The topological polar surface area (TPSA) is 35.6 Å². The van der Waals surface area contributed by atoms with Crippen molar-refractivity contribution in [3.8, 4) is 0 Å². The Balaban J connectivity index is 1.89. The molecule has 1 N–H and O–H groups in total. The van der Waals surface area contributed by atoms with Gasteiger partial charge in [-0.05, 0) is 19.9 Å². The Morgan fingerprint density at radius 3 is 2.69 bits per heavy atom. The van der Waals surface area contributed by atoms with Crippen molar-refractivity contribution >= 4 is 5.91 Å². The van der Waals surface area contributed by atoms with Gasteiger partial charge in [0.15, 0.2) is 0 Å². The Hall–Kier alpha value is -0.610. The zero-order valence-electron chi connectivity index (χ0n) is 10.4. The zero-order chi connectivity index (χ0) is 11.5. The van der Waals surface area contributed by atoms with Crippen LogP contribution in [-0.2, 0) is 4.79 Å². The Kier molecular flexibility index (Phi) is 3.82. The molecule has 0 aromatic carbocycles. The second kappa shape index (κ2) is 5.15. The van der Waals surface area contributed by atoms with Gasteiger partial charge >= 0.3 is 0 Å². The number of nitrogens with zero attached hydrogens (tertiary/aromatic N) is 2. The summed E-state index contributed by atoms with van der Waals surface area (Å²) >= 11 is 0. The molecule has 0 bridgehead atoms. The standard InChI is InChI=1S/C12H23N3O/c1-14-8-7-13-11(9-14)12(16)15(2)10-5-3-4-6-10/h10-11,13H,3-9H2,1-2H3. The maximum absolute atomic E-state index is 12.3. The molecule has 4 heteroatoms. The normalized spacial score (nSPS) is 28.2. The molecule has 1 heterocycles. The molecule has 1 aliphatic carbocycles. The monoisotopic (exact) mass is 225 g/mol. The molecule has 0 spiro atoms. The maximum Gasteiger partial charge on any atom is 0.241 e. The van der Waals surface area contributed by atoms with Gasteiger partial charge in [0.25, 0.3) is 0 Å². The van der Waals surface area contributed by atoms with Gasteiger partial charge in [-0.15, -0.1) is 0 Å². The van der Waals surface area contributed by atoms with Crippen molar-refractivity contribution in [2.24, 2.45) is 0 Å². The van der Waals surface area contributed by atoms with E-state index in [2.05, 4.69) is 17.3 Å². The van der Waals surface area contributed by atoms with E-state index in [0.29, 0.717) is 6.04 Å². The summed E-state index contributed by atoms with van der Waals surface area (Å²) in [5, 5.41) is 3.32. The number of hydrogen-bond donors (Lipinski definition) is 1. The molecule has 16 heavy (non-hydrogen) atoms. The van der Waals surface area contributed by atoms with Gasteiger partial charge in [-0.25, -0.2) is 0 Å². The first-order valence-corrected chi connectivity index (χ1v) is 6.37. The minimum absolute atomic E-state index is 0.00403. The molecule has 2 fully saturated rings. The van der Waals surface area contributed by atoms with Crippen molar-refractivity contribution in [1.82, 2.24) is 15.1 Å². The van der Waals surface area contributed by atoms with Gasteiger partial charge in [-0.2, -0.15) is 0 Å². The molecule has 0 aromatic rings. The van der Waals surface area contributed by atoms with Crippen LogP contribution in [0.5, 0.6) is 0 Å². The largest absolute Gasteiger partial charge is 0.341 e. The lowest BCUT2D eigenvalue weighted by Gasteiger charge is -2.34. The van der Waals surface area contributed by atoms with Crippen LogP contribution in [0, 0.1) is 0 Å². The van der Waals surface area contributed by atoms with Gasteiger partial charge in [-0.1, -0.05) is 12.8 Å². The second-order valence-electron chi connectivity index (χ2n) is 5.16. The number of amides is 1. The van der Waals surface area contributed by atoms with Crippen molar-refractivity contribution in [2.45, 2.75) is 37.8 Å². The van der Waals surface area contributed by atoms with E-state index in [1.807, 2.05) is 11.9 Å². The summed E-state index contributed by atoms with van der Waals surface area (Å²) in [6.07, 6.45) is 4.93. The van der Waals surface area contributed by atoms with Crippen LogP contribution in [0.4, 0.5) is 0 Å². The summed E-state index contributed by atoms with van der Waals surface area (Å²) in [5.74, 6) is 0.276. The first-order chi connectivity index (χ1) is 7.68. The Bertz CT molecular complexity index is 247. The second-order valence-corrected chi connectivity index (χ2v) is 5.16. The molecule has 4 nitrogen and oxygen atoms in total. The third-order valence-electron chi connectivity index (χ3n) is 3.90. The van der Waals surface area contributed by atoms with Crippen molar-refractivity contribution < 1.29 is 4.79 Å². The quantitative estimate of drug-likeness (QED) is 0.734. The van der Waals surface area contributed by atoms with Crippen molar-refractivity contribution in [3.05, 3.63) is 0 Å². The van der Waals surface area contributed by atoms with E-state index in [4.69, 9.17) is 0 Å². The fourth-order valence-corrected chi connectivity index (χ4v) is 2.78. The lowest BCUT2D eigenvalue weighted by Crippen LogP contribution is -2.57. The molecule has 1 amide bonds. The molecule has 1 saturated heterocycles. The number of rotatable bonds is 2. The van der Waals surface area contributed by atoms with Crippen molar-refractivity contribution in [2.75, 3.05) is 33.7 Å². The Morgan fingerprint density at radius 1 is 1.38 bits per heavy atom. The fourth-order valence-electron chi connectivity index (χ4n) is 2.78. The van der Waals surface area contributed by atoms with Crippen LogP contribution >= 0.6 is 0 Å². The summed E-state index contributed by atoms with van der Waals surface area (Å²) in [7, 11) is 4.05. The fraction of sp³-hybridized carbons (Fsp3) is 0.917. The highest BCUT2D eigenvalue weighted by molar-refractivity contribution is 5.82. The minimum Gasteiger partial charge on any atom is -0.341 e. The molecule has 1 unspecified atom stereocenters. The van der Waals surface area contributed by atoms with Gasteiger partial charge in [0.1, 0.15) is 0 Å². The number of hydrogen-bond acceptors (Lipinski definition) is 3. The minimum atomic E-state index is 0.00403. The van der Waals surface area contributed by atoms with Crippen LogP contribution in [0.15, 0.2) is 0 Å². The third-order valence-corrected chi connectivity index (χ3v) is 3.90. The first kappa shape index (κ1) is 11.9. The number of carbonyl (C=O) groups excluding carboxylic acids is 1. The maximum atomic E-state index is 12.3. The molecule has 2 aliphatic rings. The molecule has 2 rings (SSSR count). The molecule has 1 saturated carbocycles. The SMILES string of the molecule is CN1CCNC(C(=O)N(C)C2CCCC2)C1. The van der Waals surface area contributed by atoms with Crippen LogP contribution < -0.4 is 5.32 Å². The number of likely N-dealkylation sites (N-methyl/N-ethyl adjacent to an activating group) is 2. The van der Waals surface area contributed by atoms with Crippen molar-refractivity contribution in [1.29, 1.82) is 0 Å². The summed E-state index contributed by atoms with van der Waals surface area (Å²) in [5.41, 5.74) is 0. The molecule has 1 aliphatic heterocycles. The van der Waals surface area contributed by atoms with Crippen LogP contribution in [0.1, 0.15) is 25.7 Å². The summed E-state index contributed by atoms with van der Waals surface area (Å²) in [6.45, 7) is 2.80. The van der Waals surface area contributed by atoms with Gasteiger partial charge in [0.2, 0.25) is 5.91 Å². The zero-order valence-corrected chi connectivity index (χ0v) is 10.4. The van der Waals surface area contributed by atoms with Gasteiger partial charge in [-0.3, -0.25) is 4.79 Å². The van der Waals surface area contributed by atoms with Crippen LogP contribution in [0.2, 0.25) is 0 Å². The molecule has 0 aromatic heterocycles. The smallest absolute Gasteiger partial charge is 0.241 e. The van der Waals surface area contributed by atoms with E-state index >= 15 is 0 Å². The van der Waals surface area contributed by atoms with Crippen LogP contribution in [-0.4, -0.2) is 61.5 Å². The van der Waals surface area contributed by atoms with E-state index in [1.54, 1.807) is 0 Å². The van der Waals surface area contributed by atoms with E-state index in [1.165, 1.54) is 25.7 Å². The molecule has 0 radical (unpaired) electrons. The van der Waals surface area contributed by atoms with E-state index in [9.17, 15) is 4.79 Å². The lowest BCUT2D eigenvalue weighted by molar-refractivity contribution is -0.135. The number of carbonyl (C=O) groups is 1. The van der Waals surface area contributed by atoms with E-state index in [0.717, 1.165) is 19.6 Å².